The van der Waals surface area contributed by atoms with Gasteiger partial charge in [-0.1, -0.05) is 0 Å². The first-order valence-electron chi connectivity index (χ1n) is 3.69. The van der Waals surface area contributed by atoms with Crippen LogP contribution in [0.25, 0.3) is 10.1 Å². The van der Waals surface area contributed by atoms with Gasteiger partial charge in [0, 0.05) is 0 Å². The van der Waals surface area contributed by atoms with Gasteiger partial charge in [-0.3, -0.25) is 0 Å². The molecule has 0 amide bonds. The van der Waals surface area contributed by atoms with Crippen LogP contribution >= 0.6 is 11.3 Å². The second kappa shape index (κ2) is 2.64. The lowest BCUT2D eigenvalue weighted by atomic mass is 10.1. The van der Waals surface area contributed by atoms with E-state index < -0.39 is 0 Å². The minimum absolute atomic E-state index is 0.384. The van der Waals surface area contributed by atoms with Gasteiger partial charge in [-0.15, -0.1) is 11.3 Å². The van der Waals surface area contributed by atoms with Crippen molar-refractivity contribution in [1.82, 2.24) is 0 Å². The number of hydrogen-bond acceptors (Lipinski definition) is 4. The molecule has 2 aromatic rings. The normalized spacial score (nSPS) is 10.1. The summed E-state index contributed by atoms with van der Waals surface area (Å²) < 4.78 is 0.936. The van der Waals surface area contributed by atoms with Crippen molar-refractivity contribution in [3.8, 4) is 6.07 Å². The van der Waals surface area contributed by atoms with Crippen LogP contribution in [0.4, 0.5) is 11.4 Å². The Kier molecular flexibility index (Phi) is 1.61. The fourth-order valence-electron chi connectivity index (χ4n) is 1.29. The molecule has 1 aromatic heterocycles. The third-order valence-electron chi connectivity index (χ3n) is 1.92. The van der Waals surface area contributed by atoms with Crippen molar-refractivity contribution in [2.45, 2.75) is 0 Å². The number of thiophene rings is 1. The maximum absolute atomic E-state index is 8.79. The van der Waals surface area contributed by atoms with Crippen LogP contribution in [-0.4, -0.2) is 0 Å². The molecule has 0 radical (unpaired) electrons. The topological polar surface area (TPSA) is 75.8 Å². The van der Waals surface area contributed by atoms with Gasteiger partial charge in [0.05, 0.1) is 21.6 Å². The number of nitriles is 1. The number of benzene rings is 1. The molecule has 4 heteroatoms. The van der Waals surface area contributed by atoms with E-state index in [1.807, 2.05) is 17.5 Å². The van der Waals surface area contributed by atoms with E-state index in [4.69, 9.17) is 16.7 Å². The largest absolute Gasteiger partial charge is 0.398 e. The number of hydrogen-bond donors (Lipinski definition) is 2. The summed E-state index contributed by atoms with van der Waals surface area (Å²) in [6, 6.07) is 5.72. The average molecular weight is 189 g/mol. The molecule has 2 rings (SSSR count). The van der Waals surface area contributed by atoms with Crippen LogP contribution in [0.1, 0.15) is 5.56 Å². The molecule has 0 atom stereocenters. The van der Waals surface area contributed by atoms with E-state index in [-0.39, 0.29) is 0 Å². The van der Waals surface area contributed by atoms with Crippen LogP contribution < -0.4 is 11.5 Å². The van der Waals surface area contributed by atoms with Gasteiger partial charge in [-0.25, -0.2) is 0 Å². The molecule has 64 valence electrons. The summed E-state index contributed by atoms with van der Waals surface area (Å²) in [5, 5.41) is 11.7. The third kappa shape index (κ3) is 1.02. The van der Waals surface area contributed by atoms with Crippen LogP contribution in [0.3, 0.4) is 0 Å². The van der Waals surface area contributed by atoms with Crippen LogP contribution in [0.2, 0.25) is 0 Å². The number of rotatable bonds is 0. The zero-order valence-electron chi connectivity index (χ0n) is 6.74. The molecule has 0 aliphatic carbocycles. The summed E-state index contributed by atoms with van der Waals surface area (Å²) in [6.07, 6.45) is 0. The van der Waals surface area contributed by atoms with Gasteiger partial charge in [0.1, 0.15) is 6.07 Å². The van der Waals surface area contributed by atoms with E-state index in [0.29, 0.717) is 16.9 Å². The van der Waals surface area contributed by atoms with Crippen molar-refractivity contribution in [2.24, 2.45) is 0 Å². The van der Waals surface area contributed by atoms with Gasteiger partial charge >= 0.3 is 0 Å². The first-order valence-corrected chi connectivity index (χ1v) is 4.57. The number of fused-ring (bicyclic) bond motifs is 1. The molecular formula is C9H7N3S. The van der Waals surface area contributed by atoms with Crippen molar-refractivity contribution in [3.63, 3.8) is 0 Å². The van der Waals surface area contributed by atoms with Gasteiger partial charge in [-0.05, 0) is 22.9 Å². The molecule has 0 aliphatic heterocycles. The maximum atomic E-state index is 8.79. The molecule has 0 spiro atoms. The minimum Gasteiger partial charge on any atom is -0.398 e. The van der Waals surface area contributed by atoms with E-state index in [2.05, 4.69) is 0 Å². The smallest absolute Gasteiger partial charge is 0.104 e. The molecule has 0 fully saturated rings. The van der Waals surface area contributed by atoms with Crippen LogP contribution in [0, 0.1) is 11.3 Å². The molecule has 0 aliphatic rings. The second-order valence-electron chi connectivity index (χ2n) is 2.71. The lowest BCUT2D eigenvalue weighted by molar-refractivity contribution is 1.50. The zero-order valence-corrected chi connectivity index (χ0v) is 7.56. The lowest BCUT2D eigenvalue weighted by Crippen LogP contribution is -1.96. The van der Waals surface area contributed by atoms with E-state index in [1.54, 1.807) is 6.07 Å². The number of anilines is 2. The Hall–Kier alpha value is -1.73. The second-order valence-corrected chi connectivity index (χ2v) is 3.62. The standard InChI is InChI=1S/C9H7N3S/c10-4-6-7(11)3-5-1-2-13-9(5)8(6)12/h1-3H,11-12H2. The summed E-state index contributed by atoms with van der Waals surface area (Å²) in [4.78, 5) is 0. The number of nitrogens with two attached hydrogens (primary N) is 2. The molecule has 0 bridgehead atoms. The Bertz CT molecular complexity index is 507. The Morgan fingerprint density at radius 3 is 2.85 bits per heavy atom. The molecule has 0 saturated carbocycles. The quantitative estimate of drug-likeness (QED) is 0.622. The van der Waals surface area contributed by atoms with E-state index in [9.17, 15) is 0 Å². The van der Waals surface area contributed by atoms with Gasteiger partial charge in [0.15, 0.2) is 0 Å². The Morgan fingerprint density at radius 2 is 2.15 bits per heavy atom. The minimum atomic E-state index is 0.384. The van der Waals surface area contributed by atoms with E-state index in [1.165, 1.54) is 11.3 Å². The zero-order chi connectivity index (χ0) is 9.42. The number of nitrogens with zero attached hydrogens (tertiary/aromatic N) is 1. The molecule has 3 nitrogen and oxygen atoms in total. The van der Waals surface area contributed by atoms with Gasteiger partial charge in [-0.2, -0.15) is 5.26 Å². The van der Waals surface area contributed by atoms with Crippen molar-refractivity contribution in [1.29, 1.82) is 5.26 Å². The van der Waals surface area contributed by atoms with E-state index in [0.717, 1.165) is 10.1 Å². The maximum Gasteiger partial charge on any atom is 0.104 e. The highest BCUT2D eigenvalue weighted by Crippen LogP contribution is 2.32. The predicted molar refractivity (Wildman–Crippen MR) is 55.4 cm³/mol. The van der Waals surface area contributed by atoms with Crippen LogP contribution in [0.5, 0.6) is 0 Å². The van der Waals surface area contributed by atoms with Gasteiger partial charge in [0.2, 0.25) is 0 Å². The van der Waals surface area contributed by atoms with Gasteiger partial charge < -0.3 is 11.5 Å². The first kappa shape index (κ1) is 7.90. The highest BCUT2D eigenvalue weighted by atomic mass is 32.1. The van der Waals surface area contributed by atoms with Crippen molar-refractivity contribution in [3.05, 3.63) is 23.1 Å². The highest BCUT2D eigenvalue weighted by molar-refractivity contribution is 7.17. The summed E-state index contributed by atoms with van der Waals surface area (Å²) >= 11 is 1.52. The predicted octanol–water partition coefficient (Wildman–Crippen LogP) is 1.94. The van der Waals surface area contributed by atoms with E-state index >= 15 is 0 Å². The molecule has 13 heavy (non-hydrogen) atoms. The fraction of sp³-hybridized carbons (Fsp3) is 0. The number of nitrogen functional groups attached to an aromatic ring is 2. The fourth-order valence-corrected chi connectivity index (χ4v) is 2.13. The summed E-state index contributed by atoms with van der Waals surface area (Å²) in [5.74, 6) is 0. The SMILES string of the molecule is N#Cc1c(N)cc2ccsc2c1N. The van der Waals surface area contributed by atoms with Crippen molar-refractivity contribution < 1.29 is 0 Å². The summed E-state index contributed by atoms with van der Waals surface area (Å²) in [6.45, 7) is 0. The first-order chi connectivity index (χ1) is 6.24. The van der Waals surface area contributed by atoms with Gasteiger partial charge in [0.25, 0.3) is 0 Å². The Balaban J connectivity index is 2.95. The summed E-state index contributed by atoms with van der Waals surface area (Å²) in [7, 11) is 0. The molecular weight excluding hydrogens is 182 g/mol. The molecule has 1 aromatic carbocycles. The monoisotopic (exact) mass is 189 g/mol. The van der Waals surface area contributed by atoms with Crippen LogP contribution in [0.15, 0.2) is 17.5 Å². The Morgan fingerprint density at radius 1 is 1.38 bits per heavy atom. The molecule has 4 N–H and O–H groups in total. The molecule has 1 heterocycles. The molecule has 0 unspecified atom stereocenters. The highest BCUT2D eigenvalue weighted by Gasteiger charge is 2.08. The summed E-state index contributed by atoms with van der Waals surface area (Å²) in [5.41, 5.74) is 12.8. The van der Waals surface area contributed by atoms with Crippen molar-refractivity contribution >= 4 is 32.8 Å². The lowest BCUT2D eigenvalue weighted by Gasteiger charge is -2.02. The third-order valence-corrected chi connectivity index (χ3v) is 2.88. The van der Waals surface area contributed by atoms with Crippen LogP contribution in [-0.2, 0) is 0 Å². The average Bonchev–Trinajstić information content (AvgIpc) is 2.53. The van der Waals surface area contributed by atoms with Crippen molar-refractivity contribution in [2.75, 3.05) is 11.5 Å². The molecule has 0 saturated heterocycles. The Labute approximate surface area is 79.2 Å².